The van der Waals surface area contributed by atoms with Crippen LogP contribution in [0.2, 0.25) is 0 Å². The highest BCUT2D eigenvalue weighted by atomic mass is 16.5. The molecule has 2 N–H and O–H groups in total. The third-order valence-electron chi connectivity index (χ3n) is 3.06. The largest absolute Gasteiger partial charge is 0.379 e. The fraction of sp³-hybridized carbons (Fsp3) is 1.00. The van der Waals surface area contributed by atoms with E-state index in [1.807, 2.05) is 7.11 Å². The molecular formula is C11H24NO2+. The Labute approximate surface area is 87.2 Å². The van der Waals surface area contributed by atoms with Crippen LogP contribution in [0.1, 0.15) is 32.6 Å². The molecule has 0 amide bonds. The van der Waals surface area contributed by atoms with Crippen molar-refractivity contribution >= 4 is 0 Å². The third-order valence-corrected chi connectivity index (χ3v) is 3.06. The Morgan fingerprint density at radius 2 is 2.00 bits per heavy atom. The van der Waals surface area contributed by atoms with E-state index in [1.165, 1.54) is 25.7 Å². The van der Waals surface area contributed by atoms with Crippen LogP contribution in [0.5, 0.6) is 0 Å². The quantitative estimate of drug-likeness (QED) is 0.706. The number of quaternary nitrogens is 1. The smallest absolute Gasteiger partial charge is 0.113 e. The lowest BCUT2D eigenvalue weighted by Crippen LogP contribution is -2.97. The Morgan fingerprint density at radius 3 is 2.64 bits per heavy atom. The van der Waals surface area contributed by atoms with Gasteiger partial charge in [-0.05, 0) is 19.8 Å². The van der Waals surface area contributed by atoms with Crippen LogP contribution < -0.4 is 5.32 Å². The maximum atomic E-state index is 5.51. The van der Waals surface area contributed by atoms with Gasteiger partial charge in [0.2, 0.25) is 0 Å². The zero-order valence-electron chi connectivity index (χ0n) is 9.66. The first-order chi connectivity index (χ1) is 6.77. The Hall–Kier alpha value is -0.120. The summed E-state index contributed by atoms with van der Waals surface area (Å²) in [6, 6.07) is 1.18. The fourth-order valence-electron chi connectivity index (χ4n) is 2.38. The van der Waals surface area contributed by atoms with Gasteiger partial charge in [-0.15, -0.1) is 0 Å². The molecule has 1 fully saturated rings. The molecule has 3 atom stereocenters. The average molecular weight is 202 g/mol. The highest BCUT2D eigenvalue weighted by Crippen LogP contribution is 2.18. The summed E-state index contributed by atoms with van der Waals surface area (Å²) in [5.74, 6) is 0. The lowest BCUT2D eigenvalue weighted by molar-refractivity contribution is -0.728. The molecule has 0 aromatic heterocycles. The summed E-state index contributed by atoms with van der Waals surface area (Å²) in [5, 5.41) is 2.41. The first-order valence-corrected chi connectivity index (χ1v) is 5.64. The highest BCUT2D eigenvalue weighted by molar-refractivity contribution is 4.74. The fourth-order valence-corrected chi connectivity index (χ4v) is 2.38. The maximum absolute atomic E-state index is 5.51. The summed E-state index contributed by atoms with van der Waals surface area (Å²) < 4.78 is 10.7. The normalized spacial score (nSPS) is 30.2. The summed E-state index contributed by atoms with van der Waals surface area (Å²) in [4.78, 5) is 0. The average Bonchev–Trinajstić information content (AvgIpc) is 2.19. The van der Waals surface area contributed by atoms with Crippen LogP contribution >= 0.6 is 0 Å². The summed E-state index contributed by atoms with van der Waals surface area (Å²) in [5.41, 5.74) is 0. The van der Waals surface area contributed by atoms with Gasteiger partial charge < -0.3 is 14.8 Å². The minimum absolute atomic E-state index is 0.447. The predicted octanol–water partition coefficient (Wildman–Crippen LogP) is 0.542. The van der Waals surface area contributed by atoms with Crippen molar-refractivity contribution in [3.63, 3.8) is 0 Å². The molecule has 1 saturated carbocycles. The zero-order valence-corrected chi connectivity index (χ0v) is 9.66. The molecule has 14 heavy (non-hydrogen) atoms. The van der Waals surface area contributed by atoms with Crippen molar-refractivity contribution in [1.29, 1.82) is 0 Å². The van der Waals surface area contributed by atoms with Gasteiger partial charge in [0, 0.05) is 20.6 Å². The predicted molar refractivity (Wildman–Crippen MR) is 56.3 cm³/mol. The Morgan fingerprint density at radius 1 is 1.29 bits per heavy atom. The van der Waals surface area contributed by atoms with Crippen LogP contribution in [-0.2, 0) is 9.47 Å². The second-order valence-corrected chi connectivity index (χ2v) is 4.35. The second-order valence-electron chi connectivity index (χ2n) is 4.35. The minimum atomic E-state index is 0.447. The number of hydrogen-bond acceptors (Lipinski definition) is 2. The van der Waals surface area contributed by atoms with E-state index in [-0.39, 0.29) is 0 Å². The Bertz CT molecular complexity index is 152. The first-order valence-electron chi connectivity index (χ1n) is 5.64. The van der Waals surface area contributed by atoms with Gasteiger partial charge in [-0.25, -0.2) is 0 Å². The number of nitrogens with two attached hydrogens (primary N) is 1. The van der Waals surface area contributed by atoms with Gasteiger partial charge >= 0.3 is 0 Å². The lowest BCUT2D eigenvalue weighted by atomic mass is 9.92. The van der Waals surface area contributed by atoms with Gasteiger partial charge in [-0.1, -0.05) is 6.42 Å². The number of rotatable bonds is 5. The van der Waals surface area contributed by atoms with Crippen LogP contribution in [0.15, 0.2) is 0 Å². The molecule has 0 aliphatic heterocycles. The van der Waals surface area contributed by atoms with Crippen molar-refractivity contribution in [2.45, 2.75) is 50.8 Å². The molecule has 0 bridgehead atoms. The number of ether oxygens (including phenoxy) is 2. The summed E-state index contributed by atoms with van der Waals surface area (Å²) >= 11 is 0. The van der Waals surface area contributed by atoms with Crippen LogP contribution in [0.4, 0.5) is 0 Å². The molecule has 0 aromatic rings. The Kier molecular flexibility index (Phi) is 5.45. The van der Waals surface area contributed by atoms with Crippen molar-refractivity contribution in [3.05, 3.63) is 0 Å². The standard InChI is InChI=1S/C11H23NO2/c1-9(8-13-2)12-10-6-4-5-7-11(10)14-3/h9-12H,4-8H2,1-3H3/p+1/t9-,10-,11+/m1/s1. The second kappa shape index (κ2) is 6.38. The topological polar surface area (TPSA) is 35.1 Å². The monoisotopic (exact) mass is 202 g/mol. The maximum Gasteiger partial charge on any atom is 0.113 e. The first kappa shape index (κ1) is 12.0. The molecule has 0 heterocycles. The molecule has 0 unspecified atom stereocenters. The highest BCUT2D eigenvalue weighted by Gasteiger charge is 2.28. The van der Waals surface area contributed by atoms with Crippen molar-refractivity contribution < 1.29 is 14.8 Å². The number of methoxy groups -OCH3 is 2. The molecule has 0 saturated heterocycles. The van der Waals surface area contributed by atoms with E-state index in [9.17, 15) is 0 Å². The van der Waals surface area contributed by atoms with E-state index in [4.69, 9.17) is 9.47 Å². The molecule has 0 aromatic carbocycles. The van der Waals surface area contributed by atoms with Crippen molar-refractivity contribution in [1.82, 2.24) is 0 Å². The van der Waals surface area contributed by atoms with E-state index in [2.05, 4.69) is 12.2 Å². The van der Waals surface area contributed by atoms with Crippen LogP contribution in [-0.4, -0.2) is 39.0 Å². The van der Waals surface area contributed by atoms with Gasteiger partial charge in [-0.2, -0.15) is 0 Å². The molecule has 3 nitrogen and oxygen atoms in total. The van der Waals surface area contributed by atoms with Crippen molar-refractivity contribution in [2.75, 3.05) is 20.8 Å². The van der Waals surface area contributed by atoms with Gasteiger partial charge in [0.25, 0.3) is 0 Å². The lowest BCUT2D eigenvalue weighted by Gasteiger charge is -2.30. The van der Waals surface area contributed by atoms with E-state index in [0.29, 0.717) is 18.2 Å². The van der Waals surface area contributed by atoms with Crippen LogP contribution in [0, 0.1) is 0 Å². The van der Waals surface area contributed by atoms with E-state index >= 15 is 0 Å². The van der Waals surface area contributed by atoms with E-state index < -0.39 is 0 Å². The molecule has 0 radical (unpaired) electrons. The molecule has 1 aliphatic carbocycles. The van der Waals surface area contributed by atoms with Crippen LogP contribution in [0.3, 0.4) is 0 Å². The molecule has 84 valence electrons. The minimum Gasteiger partial charge on any atom is -0.379 e. The molecule has 3 heteroatoms. The van der Waals surface area contributed by atoms with Crippen molar-refractivity contribution in [3.8, 4) is 0 Å². The van der Waals surface area contributed by atoms with E-state index in [1.54, 1.807) is 7.11 Å². The zero-order chi connectivity index (χ0) is 10.4. The van der Waals surface area contributed by atoms with Gasteiger partial charge in [0.1, 0.15) is 18.2 Å². The van der Waals surface area contributed by atoms with Crippen LogP contribution in [0.25, 0.3) is 0 Å². The molecule has 1 rings (SSSR count). The van der Waals surface area contributed by atoms with Gasteiger partial charge in [0.05, 0.1) is 6.61 Å². The number of hydrogen-bond donors (Lipinski definition) is 1. The summed E-state index contributed by atoms with van der Waals surface area (Å²) in [6.45, 7) is 3.04. The molecule has 1 aliphatic rings. The third kappa shape index (κ3) is 3.56. The van der Waals surface area contributed by atoms with Crippen molar-refractivity contribution in [2.24, 2.45) is 0 Å². The van der Waals surface area contributed by atoms with Gasteiger partial charge in [0.15, 0.2) is 0 Å². The summed E-state index contributed by atoms with van der Waals surface area (Å²) in [6.07, 6.45) is 5.62. The SMILES string of the molecule is COC[C@@H](C)[NH2+][C@@H]1CCCC[C@@H]1OC. The molecular weight excluding hydrogens is 178 g/mol. The Balaban J connectivity index is 2.32. The van der Waals surface area contributed by atoms with Gasteiger partial charge in [-0.3, -0.25) is 0 Å². The molecule has 0 spiro atoms. The van der Waals surface area contributed by atoms with E-state index in [0.717, 1.165) is 6.61 Å². The summed E-state index contributed by atoms with van der Waals surface area (Å²) in [7, 11) is 3.59.